The summed E-state index contributed by atoms with van der Waals surface area (Å²) in [7, 11) is 0. The van der Waals surface area contributed by atoms with Crippen LogP contribution in [0.1, 0.15) is 29.5 Å². The van der Waals surface area contributed by atoms with E-state index in [4.69, 9.17) is 4.74 Å². The summed E-state index contributed by atoms with van der Waals surface area (Å²) >= 11 is 0. The normalized spacial score (nSPS) is 16.8. The number of carbonyl (C=O) groups is 1. The van der Waals surface area contributed by atoms with Gasteiger partial charge in [0.05, 0.1) is 12.6 Å². The monoisotopic (exact) mass is 352 g/mol. The zero-order valence-corrected chi connectivity index (χ0v) is 15.7. The molecule has 0 spiro atoms. The van der Waals surface area contributed by atoms with Crippen molar-refractivity contribution in [3.63, 3.8) is 0 Å². The summed E-state index contributed by atoms with van der Waals surface area (Å²) in [6, 6.07) is 16.4. The summed E-state index contributed by atoms with van der Waals surface area (Å²) in [5, 5.41) is 3.06. The predicted octanol–water partition coefficient (Wildman–Crippen LogP) is 3.92. The molecule has 4 nitrogen and oxygen atoms in total. The van der Waals surface area contributed by atoms with Crippen molar-refractivity contribution in [1.82, 2.24) is 4.90 Å². The molecule has 4 heteroatoms. The van der Waals surface area contributed by atoms with Gasteiger partial charge in [-0.1, -0.05) is 48.0 Å². The quantitative estimate of drug-likeness (QED) is 0.821. The molecule has 1 amide bonds. The molecule has 1 N–H and O–H groups in total. The van der Waals surface area contributed by atoms with Crippen LogP contribution in [0.2, 0.25) is 0 Å². The highest BCUT2D eigenvalue weighted by atomic mass is 16.5. The van der Waals surface area contributed by atoms with Crippen molar-refractivity contribution < 1.29 is 9.53 Å². The Bertz CT molecular complexity index is 724. The molecule has 0 bridgehead atoms. The van der Waals surface area contributed by atoms with Crippen LogP contribution in [-0.4, -0.2) is 36.6 Å². The van der Waals surface area contributed by atoms with Crippen molar-refractivity contribution in [2.75, 3.05) is 25.0 Å². The molecule has 26 heavy (non-hydrogen) atoms. The SMILES string of the molecule is Cc1ccc(NC(=O)CN(Cc2ccccc2)CC2CCCO2)c(C)c1. The van der Waals surface area contributed by atoms with Gasteiger partial charge >= 0.3 is 0 Å². The third-order valence-corrected chi connectivity index (χ3v) is 4.76. The number of nitrogens with one attached hydrogen (secondary N) is 1. The molecular formula is C22H28N2O2. The van der Waals surface area contributed by atoms with Gasteiger partial charge in [0.15, 0.2) is 0 Å². The van der Waals surface area contributed by atoms with Crippen molar-refractivity contribution in [2.45, 2.75) is 39.3 Å². The molecule has 0 saturated carbocycles. The highest BCUT2D eigenvalue weighted by molar-refractivity contribution is 5.93. The van der Waals surface area contributed by atoms with Gasteiger partial charge in [-0.25, -0.2) is 0 Å². The van der Waals surface area contributed by atoms with E-state index >= 15 is 0 Å². The van der Waals surface area contributed by atoms with Crippen LogP contribution in [0.4, 0.5) is 5.69 Å². The molecule has 1 aliphatic heterocycles. The van der Waals surface area contributed by atoms with Gasteiger partial charge in [0.2, 0.25) is 5.91 Å². The number of rotatable bonds is 7. The number of hydrogen-bond acceptors (Lipinski definition) is 3. The van der Waals surface area contributed by atoms with Gasteiger partial charge in [0.25, 0.3) is 0 Å². The minimum atomic E-state index is 0.0193. The van der Waals surface area contributed by atoms with E-state index in [1.54, 1.807) is 0 Å². The summed E-state index contributed by atoms with van der Waals surface area (Å²) < 4.78 is 5.78. The molecule has 1 atom stereocenters. The first-order valence-corrected chi connectivity index (χ1v) is 9.35. The molecule has 2 aromatic rings. The average molecular weight is 352 g/mol. The van der Waals surface area contributed by atoms with Crippen LogP contribution in [0.3, 0.4) is 0 Å². The molecule has 1 unspecified atom stereocenters. The lowest BCUT2D eigenvalue weighted by Gasteiger charge is -2.25. The largest absolute Gasteiger partial charge is 0.377 e. The van der Waals surface area contributed by atoms with E-state index in [-0.39, 0.29) is 12.0 Å². The summed E-state index contributed by atoms with van der Waals surface area (Å²) in [5.41, 5.74) is 4.39. The van der Waals surface area contributed by atoms with Crippen molar-refractivity contribution in [3.8, 4) is 0 Å². The van der Waals surface area contributed by atoms with Crippen LogP contribution in [0.15, 0.2) is 48.5 Å². The Hall–Kier alpha value is -2.17. The molecule has 138 valence electrons. The second kappa shape index (κ2) is 8.97. The van der Waals surface area contributed by atoms with Crippen LogP contribution in [-0.2, 0) is 16.1 Å². The summed E-state index contributed by atoms with van der Waals surface area (Å²) in [6.45, 7) is 6.81. The number of amides is 1. The molecule has 1 fully saturated rings. The molecule has 2 aromatic carbocycles. The van der Waals surface area contributed by atoms with E-state index in [2.05, 4.69) is 35.3 Å². The van der Waals surface area contributed by atoms with E-state index in [0.717, 1.165) is 43.8 Å². The van der Waals surface area contributed by atoms with Gasteiger partial charge < -0.3 is 10.1 Å². The van der Waals surface area contributed by atoms with Crippen LogP contribution < -0.4 is 5.32 Å². The van der Waals surface area contributed by atoms with E-state index in [9.17, 15) is 4.79 Å². The van der Waals surface area contributed by atoms with Crippen LogP contribution in [0.5, 0.6) is 0 Å². The Morgan fingerprint density at radius 1 is 1.19 bits per heavy atom. The predicted molar refractivity (Wildman–Crippen MR) is 105 cm³/mol. The van der Waals surface area contributed by atoms with Gasteiger partial charge in [0, 0.05) is 25.4 Å². The lowest BCUT2D eigenvalue weighted by Crippen LogP contribution is -2.38. The highest BCUT2D eigenvalue weighted by Gasteiger charge is 2.21. The maximum absolute atomic E-state index is 12.6. The van der Waals surface area contributed by atoms with Gasteiger partial charge in [-0.2, -0.15) is 0 Å². The molecule has 1 aliphatic rings. The number of hydrogen-bond donors (Lipinski definition) is 1. The molecule has 0 radical (unpaired) electrons. The fourth-order valence-corrected chi connectivity index (χ4v) is 3.45. The highest BCUT2D eigenvalue weighted by Crippen LogP contribution is 2.17. The zero-order valence-electron chi connectivity index (χ0n) is 15.7. The lowest BCUT2D eigenvalue weighted by molar-refractivity contribution is -0.117. The van der Waals surface area contributed by atoms with E-state index < -0.39 is 0 Å². The number of ether oxygens (including phenoxy) is 1. The third-order valence-electron chi connectivity index (χ3n) is 4.76. The second-order valence-electron chi connectivity index (χ2n) is 7.16. The van der Waals surface area contributed by atoms with E-state index in [0.29, 0.717) is 6.54 Å². The molecule has 0 aliphatic carbocycles. The van der Waals surface area contributed by atoms with E-state index in [1.165, 1.54) is 11.1 Å². The van der Waals surface area contributed by atoms with Crippen LogP contribution in [0.25, 0.3) is 0 Å². The van der Waals surface area contributed by atoms with Crippen LogP contribution in [0, 0.1) is 13.8 Å². The Balaban J connectivity index is 1.64. The molecular weight excluding hydrogens is 324 g/mol. The molecule has 0 aromatic heterocycles. The Kier molecular flexibility index (Phi) is 6.42. The number of nitrogens with zero attached hydrogens (tertiary/aromatic N) is 1. The Morgan fingerprint density at radius 3 is 2.69 bits per heavy atom. The van der Waals surface area contributed by atoms with Crippen molar-refractivity contribution in [1.29, 1.82) is 0 Å². The number of carbonyl (C=O) groups excluding carboxylic acids is 1. The van der Waals surface area contributed by atoms with Gasteiger partial charge in [-0.15, -0.1) is 0 Å². The number of benzene rings is 2. The first-order chi connectivity index (χ1) is 12.6. The zero-order chi connectivity index (χ0) is 18.4. The minimum absolute atomic E-state index is 0.0193. The fourth-order valence-electron chi connectivity index (χ4n) is 3.45. The lowest BCUT2D eigenvalue weighted by atomic mass is 10.1. The smallest absolute Gasteiger partial charge is 0.238 e. The van der Waals surface area contributed by atoms with Gasteiger partial charge in [-0.05, 0) is 43.9 Å². The maximum Gasteiger partial charge on any atom is 0.238 e. The Morgan fingerprint density at radius 2 is 2.00 bits per heavy atom. The van der Waals surface area contributed by atoms with Crippen LogP contribution >= 0.6 is 0 Å². The molecule has 1 saturated heterocycles. The summed E-state index contributed by atoms with van der Waals surface area (Å²) in [4.78, 5) is 14.8. The fraction of sp³-hybridized carbons (Fsp3) is 0.409. The summed E-state index contributed by atoms with van der Waals surface area (Å²) in [5.74, 6) is 0.0193. The van der Waals surface area contributed by atoms with Crippen molar-refractivity contribution in [2.24, 2.45) is 0 Å². The van der Waals surface area contributed by atoms with Gasteiger partial charge in [0.1, 0.15) is 0 Å². The number of aryl methyl sites for hydroxylation is 2. The first kappa shape index (κ1) is 18.6. The average Bonchev–Trinajstić information content (AvgIpc) is 3.11. The number of anilines is 1. The topological polar surface area (TPSA) is 41.6 Å². The standard InChI is InChI=1S/C22H28N2O2/c1-17-10-11-21(18(2)13-17)23-22(25)16-24(15-20-9-6-12-26-20)14-19-7-4-3-5-8-19/h3-5,7-8,10-11,13,20H,6,9,12,14-16H2,1-2H3,(H,23,25). The molecule has 3 rings (SSSR count). The minimum Gasteiger partial charge on any atom is -0.377 e. The summed E-state index contributed by atoms with van der Waals surface area (Å²) in [6.07, 6.45) is 2.41. The second-order valence-corrected chi connectivity index (χ2v) is 7.16. The van der Waals surface area contributed by atoms with E-state index in [1.807, 2.05) is 37.3 Å². The maximum atomic E-state index is 12.6. The third kappa shape index (κ3) is 5.41. The van der Waals surface area contributed by atoms with Gasteiger partial charge in [-0.3, -0.25) is 9.69 Å². The Labute approximate surface area is 156 Å². The molecule has 1 heterocycles. The van der Waals surface area contributed by atoms with Crippen molar-refractivity contribution >= 4 is 11.6 Å². The van der Waals surface area contributed by atoms with Crippen molar-refractivity contribution in [3.05, 3.63) is 65.2 Å². The first-order valence-electron chi connectivity index (χ1n) is 9.35.